The van der Waals surface area contributed by atoms with Gasteiger partial charge in [-0.25, -0.2) is 0 Å². The highest BCUT2D eigenvalue weighted by Gasteiger charge is 2.36. The molecule has 1 heterocycles. The second-order valence-electron chi connectivity index (χ2n) is 15.1. The van der Waals surface area contributed by atoms with Crippen LogP contribution < -0.4 is 15.0 Å². The summed E-state index contributed by atoms with van der Waals surface area (Å²) in [6.45, 7) is 9.35. The molecule has 252 valence electrons. The predicted octanol–water partition coefficient (Wildman–Crippen LogP) is 8.48. The summed E-state index contributed by atoms with van der Waals surface area (Å²) in [6, 6.07) is 15.6. The number of carbonyl (C=O) groups excluding carboxylic acids is 2. The van der Waals surface area contributed by atoms with Gasteiger partial charge in [0, 0.05) is 47.9 Å². The van der Waals surface area contributed by atoms with Gasteiger partial charge in [-0.3, -0.25) is 14.3 Å². The normalized spacial score (nSPS) is 26.0. The monoisotopic (exact) mass is 638 g/mol. The molecule has 2 aromatic carbocycles. The molecule has 3 aliphatic rings. The minimum atomic E-state index is -0.0159. The molecule has 0 atom stereocenters. The molecule has 0 bridgehead atoms. The van der Waals surface area contributed by atoms with Crippen molar-refractivity contribution in [3.8, 4) is 16.9 Å². The summed E-state index contributed by atoms with van der Waals surface area (Å²) in [5, 5.41) is 7.88. The Hall–Kier alpha value is -3.61. The molecule has 6 rings (SSSR count). The van der Waals surface area contributed by atoms with Gasteiger partial charge in [0.15, 0.2) is 0 Å². The van der Waals surface area contributed by atoms with Crippen molar-refractivity contribution in [3.63, 3.8) is 0 Å². The number of rotatable bonds is 10. The number of methoxy groups -OCH3 is 1. The van der Waals surface area contributed by atoms with Crippen molar-refractivity contribution in [1.82, 2.24) is 15.1 Å². The van der Waals surface area contributed by atoms with E-state index in [0.29, 0.717) is 23.8 Å². The molecule has 3 fully saturated rings. The van der Waals surface area contributed by atoms with Crippen LogP contribution in [0.3, 0.4) is 0 Å². The molecule has 2 amide bonds. The molecule has 3 aromatic rings. The van der Waals surface area contributed by atoms with E-state index in [9.17, 15) is 9.59 Å². The highest BCUT2D eigenvalue weighted by molar-refractivity contribution is 5.95. The molecule has 0 spiro atoms. The molecule has 3 saturated carbocycles. The van der Waals surface area contributed by atoms with Gasteiger partial charge in [-0.05, 0) is 138 Å². The molecule has 0 radical (unpaired) electrons. The summed E-state index contributed by atoms with van der Waals surface area (Å²) < 4.78 is 7.48. The third-order valence-corrected chi connectivity index (χ3v) is 11.2. The van der Waals surface area contributed by atoms with Crippen molar-refractivity contribution >= 4 is 17.5 Å². The molecule has 7 heteroatoms. The van der Waals surface area contributed by atoms with E-state index in [1.807, 2.05) is 10.9 Å². The number of aromatic nitrogens is 2. The van der Waals surface area contributed by atoms with Crippen LogP contribution in [-0.4, -0.2) is 41.3 Å². The van der Waals surface area contributed by atoms with Gasteiger partial charge in [0.25, 0.3) is 0 Å². The molecule has 0 saturated heterocycles. The number of hydrogen-bond donors (Lipinski definition) is 1. The molecule has 1 aromatic heterocycles. The quantitative estimate of drug-likeness (QED) is 0.242. The highest BCUT2D eigenvalue weighted by Crippen LogP contribution is 2.39. The fourth-order valence-corrected chi connectivity index (χ4v) is 8.18. The Kier molecular flexibility index (Phi) is 10.4. The average Bonchev–Trinajstić information content (AvgIpc) is 3.57. The summed E-state index contributed by atoms with van der Waals surface area (Å²) in [5.41, 5.74) is 5.73. The largest absolute Gasteiger partial charge is 0.496 e. The first-order valence-corrected chi connectivity index (χ1v) is 18.1. The Morgan fingerprint density at radius 1 is 0.957 bits per heavy atom. The van der Waals surface area contributed by atoms with Crippen LogP contribution in [0.15, 0.2) is 54.9 Å². The van der Waals surface area contributed by atoms with Crippen molar-refractivity contribution in [1.29, 1.82) is 0 Å². The Bertz CT molecular complexity index is 1520. The summed E-state index contributed by atoms with van der Waals surface area (Å²) in [5.74, 6) is 3.25. The molecule has 7 nitrogen and oxygen atoms in total. The number of nitrogens with zero attached hydrogens (tertiary/aromatic N) is 3. The first kappa shape index (κ1) is 33.3. The number of carbonyl (C=O) groups is 2. The lowest BCUT2D eigenvalue weighted by Crippen LogP contribution is -2.46. The van der Waals surface area contributed by atoms with Crippen LogP contribution in [0.4, 0.5) is 5.69 Å². The second kappa shape index (κ2) is 14.7. The fraction of sp³-hybridized carbons (Fsp3) is 0.575. The molecule has 3 aliphatic carbocycles. The van der Waals surface area contributed by atoms with Gasteiger partial charge in [0.2, 0.25) is 11.8 Å². The maximum Gasteiger partial charge on any atom is 0.230 e. The van der Waals surface area contributed by atoms with Gasteiger partial charge in [0.1, 0.15) is 5.75 Å². The zero-order valence-corrected chi connectivity index (χ0v) is 29.1. The van der Waals surface area contributed by atoms with E-state index in [2.05, 4.69) is 91.7 Å². The lowest BCUT2D eigenvalue weighted by molar-refractivity contribution is -0.129. The molecule has 47 heavy (non-hydrogen) atoms. The van der Waals surface area contributed by atoms with Crippen molar-refractivity contribution in [2.24, 2.45) is 23.7 Å². The van der Waals surface area contributed by atoms with Gasteiger partial charge in [-0.1, -0.05) is 31.2 Å². The van der Waals surface area contributed by atoms with Crippen LogP contribution in [0.5, 0.6) is 5.75 Å². The van der Waals surface area contributed by atoms with E-state index in [1.165, 1.54) is 11.1 Å². The smallest absolute Gasteiger partial charge is 0.230 e. The third kappa shape index (κ3) is 7.76. The lowest BCUT2D eigenvalue weighted by Gasteiger charge is -2.37. The van der Waals surface area contributed by atoms with Crippen molar-refractivity contribution in [3.05, 3.63) is 66.0 Å². The Labute approximate surface area is 281 Å². The number of ether oxygens (including phenoxy) is 1. The maximum absolute atomic E-state index is 14.4. The van der Waals surface area contributed by atoms with Crippen molar-refractivity contribution in [2.75, 3.05) is 18.6 Å². The van der Waals surface area contributed by atoms with Crippen LogP contribution in [0, 0.1) is 30.6 Å². The van der Waals surface area contributed by atoms with Gasteiger partial charge in [-0.2, -0.15) is 5.10 Å². The molecular formula is C40H54N4O3. The Balaban J connectivity index is 1.15. The molecule has 1 N–H and O–H groups in total. The molecule has 0 aliphatic heterocycles. The van der Waals surface area contributed by atoms with Crippen molar-refractivity contribution < 1.29 is 14.3 Å². The zero-order chi connectivity index (χ0) is 33.1. The number of amides is 2. The predicted molar refractivity (Wildman–Crippen MR) is 189 cm³/mol. The van der Waals surface area contributed by atoms with Gasteiger partial charge >= 0.3 is 0 Å². The maximum atomic E-state index is 14.4. The van der Waals surface area contributed by atoms with Crippen LogP contribution in [0.1, 0.15) is 108 Å². The SMILES string of the molecule is COc1ccc(C2CCC(CN(C(=O)C3CCC(NC(=O)C4CC(C)C4)CC3)c3cccc(-c4cnn(C(C)C)c4)c3)CC2)cc1C. The lowest BCUT2D eigenvalue weighted by atomic mass is 9.75. The first-order chi connectivity index (χ1) is 22.7. The topological polar surface area (TPSA) is 76.5 Å². The number of anilines is 1. The summed E-state index contributed by atoms with van der Waals surface area (Å²) in [4.78, 5) is 29.3. The highest BCUT2D eigenvalue weighted by atomic mass is 16.5. The van der Waals surface area contributed by atoms with Gasteiger partial charge in [-0.15, -0.1) is 0 Å². The average molecular weight is 639 g/mol. The summed E-state index contributed by atoms with van der Waals surface area (Å²) in [6.07, 6.45) is 13.9. The van der Waals surface area contributed by atoms with Crippen LogP contribution in [0.2, 0.25) is 0 Å². The van der Waals surface area contributed by atoms with Gasteiger partial charge in [0.05, 0.1) is 13.3 Å². The van der Waals surface area contributed by atoms with E-state index >= 15 is 0 Å². The summed E-state index contributed by atoms with van der Waals surface area (Å²) >= 11 is 0. The molecular weight excluding hydrogens is 584 g/mol. The first-order valence-electron chi connectivity index (χ1n) is 18.1. The number of benzene rings is 2. The van der Waals surface area contributed by atoms with Gasteiger partial charge < -0.3 is 15.0 Å². The van der Waals surface area contributed by atoms with Crippen LogP contribution in [-0.2, 0) is 9.59 Å². The minimum absolute atomic E-state index is 0.0159. The fourth-order valence-electron chi connectivity index (χ4n) is 8.18. The van der Waals surface area contributed by atoms with E-state index < -0.39 is 0 Å². The van der Waals surface area contributed by atoms with E-state index in [1.54, 1.807) is 7.11 Å². The van der Waals surface area contributed by atoms with E-state index in [-0.39, 0.29) is 29.7 Å². The number of nitrogens with one attached hydrogen (secondary N) is 1. The van der Waals surface area contributed by atoms with E-state index in [4.69, 9.17) is 4.74 Å². The van der Waals surface area contributed by atoms with Crippen LogP contribution >= 0.6 is 0 Å². The zero-order valence-electron chi connectivity index (χ0n) is 29.1. The van der Waals surface area contributed by atoms with Crippen molar-refractivity contribution in [2.45, 2.75) is 110 Å². The Morgan fingerprint density at radius 2 is 1.70 bits per heavy atom. The number of aryl methyl sites for hydroxylation is 1. The summed E-state index contributed by atoms with van der Waals surface area (Å²) in [7, 11) is 1.73. The second-order valence-corrected chi connectivity index (χ2v) is 15.1. The molecule has 0 unspecified atom stereocenters. The third-order valence-electron chi connectivity index (χ3n) is 11.2. The Morgan fingerprint density at radius 3 is 2.34 bits per heavy atom. The standard InChI is InChI=1S/C40H54N4O3/c1-26(2)44-25-35(23-41-44)32-7-6-8-37(22-32)43(24-29-9-11-30(12-10-29)33-15-18-38(47-5)28(4)21-33)40(46)31-13-16-36(17-14-31)42-39(45)34-19-27(3)20-34/h6-8,15,18,21-23,25-27,29-31,34,36H,9-14,16-17,19-20,24H2,1-5H3,(H,42,45). The minimum Gasteiger partial charge on any atom is -0.496 e. The van der Waals surface area contributed by atoms with Crippen LogP contribution in [0.25, 0.3) is 11.1 Å². The number of hydrogen-bond acceptors (Lipinski definition) is 4. The van der Waals surface area contributed by atoms with E-state index in [0.717, 1.165) is 93.3 Å².